The molecule has 0 saturated heterocycles. The van der Waals surface area contributed by atoms with Crippen LogP contribution < -0.4 is 10.0 Å². The number of benzene rings is 2. The van der Waals surface area contributed by atoms with Crippen LogP contribution in [0.4, 0.5) is 14.5 Å². The third-order valence-electron chi connectivity index (χ3n) is 3.41. The Hall–Kier alpha value is -2.52. The number of carbonyl (C=O) groups is 1. The van der Waals surface area contributed by atoms with Crippen molar-refractivity contribution in [3.05, 3.63) is 59.7 Å². The van der Waals surface area contributed by atoms with E-state index in [1.165, 1.54) is 24.3 Å². The summed E-state index contributed by atoms with van der Waals surface area (Å²) in [7, 11) is -2.51. The highest BCUT2D eigenvalue weighted by Crippen LogP contribution is 2.18. The van der Waals surface area contributed by atoms with E-state index < -0.39 is 26.6 Å². The third-order valence-corrected chi connectivity index (χ3v) is 4.79. The first-order valence-corrected chi connectivity index (χ1v) is 9.17. The lowest BCUT2D eigenvalue weighted by molar-refractivity contribution is 0.0948. The second-order valence-electron chi connectivity index (χ2n) is 5.36. The van der Waals surface area contributed by atoms with Crippen molar-refractivity contribution in [1.82, 2.24) is 5.32 Å². The summed E-state index contributed by atoms with van der Waals surface area (Å²) in [6.07, 6.45) is 0.675. The quantitative estimate of drug-likeness (QED) is 0.685. The average Bonchev–Trinajstić information content (AvgIpc) is 2.61. The van der Waals surface area contributed by atoms with Crippen molar-refractivity contribution >= 4 is 21.6 Å². The molecule has 0 fully saturated rings. The second kappa shape index (κ2) is 8.72. The predicted molar refractivity (Wildman–Crippen MR) is 92.4 cm³/mol. The van der Waals surface area contributed by atoms with E-state index in [-0.39, 0.29) is 11.6 Å². The van der Waals surface area contributed by atoms with Crippen molar-refractivity contribution in [2.45, 2.75) is 11.3 Å². The Kier molecular flexibility index (Phi) is 6.64. The number of halogens is 2. The Morgan fingerprint density at radius 1 is 1.08 bits per heavy atom. The summed E-state index contributed by atoms with van der Waals surface area (Å²) >= 11 is 0. The second-order valence-corrected chi connectivity index (χ2v) is 7.04. The first kappa shape index (κ1) is 19.8. The summed E-state index contributed by atoms with van der Waals surface area (Å²) in [5, 5.41) is 2.70. The number of methoxy groups -OCH3 is 1. The maximum Gasteiger partial charge on any atom is 0.261 e. The van der Waals surface area contributed by atoms with E-state index in [1.807, 2.05) is 0 Å². The van der Waals surface area contributed by atoms with Crippen LogP contribution in [-0.2, 0) is 14.8 Å². The van der Waals surface area contributed by atoms with Crippen LogP contribution in [0.15, 0.2) is 47.4 Å². The molecule has 0 heterocycles. The van der Waals surface area contributed by atoms with Crippen molar-refractivity contribution in [1.29, 1.82) is 0 Å². The largest absolute Gasteiger partial charge is 0.385 e. The molecule has 140 valence electrons. The van der Waals surface area contributed by atoms with Gasteiger partial charge in [-0.15, -0.1) is 0 Å². The van der Waals surface area contributed by atoms with Crippen molar-refractivity contribution in [3.63, 3.8) is 0 Å². The smallest absolute Gasteiger partial charge is 0.261 e. The number of sulfonamides is 1. The fourth-order valence-electron chi connectivity index (χ4n) is 2.07. The van der Waals surface area contributed by atoms with Crippen LogP contribution in [0.1, 0.15) is 16.8 Å². The molecule has 0 atom stereocenters. The van der Waals surface area contributed by atoms with Gasteiger partial charge in [0.2, 0.25) is 0 Å². The van der Waals surface area contributed by atoms with Crippen LogP contribution in [-0.4, -0.2) is 34.6 Å². The molecule has 26 heavy (non-hydrogen) atoms. The monoisotopic (exact) mass is 384 g/mol. The van der Waals surface area contributed by atoms with Gasteiger partial charge in [-0.05, 0) is 48.9 Å². The zero-order valence-electron chi connectivity index (χ0n) is 14.0. The normalized spacial score (nSPS) is 11.2. The minimum atomic E-state index is -4.08. The number of hydrogen-bond donors (Lipinski definition) is 2. The average molecular weight is 384 g/mol. The number of hydrogen-bond acceptors (Lipinski definition) is 4. The highest BCUT2D eigenvalue weighted by molar-refractivity contribution is 7.92. The molecule has 1 amide bonds. The molecule has 2 N–H and O–H groups in total. The molecule has 0 aliphatic carbocycles. The Balaban J connectivity index is 2.03. The lowest BCUT2D eigenvalue weighted by atomic mass is 10.2. The number of rotatable bonds is 8. The minimum absolute atomic E-state index is 0.186. The molecule has 0 saturated carbocycles. The van der Waals surface area contributed by atoms with Gasteiger partial charge < -0.3 is 10.1 Å². The van der Waals surface area contributed by atoms with Gasteiger partial charge in [-0.1, -0.05) is 0 Å². The van der Waals surface area contributed by atoms with Gasteiger partial charge >= 0.3 is 0 Å². The lowest BCUT2D eigenvalue weighted by Crippen LogP contribution is -2.25. The SMILES string of the molecule is COCCCNC(=O)c1ccc(NS(=O)(=O)c2ccc(F)c(F)c2)cc1. The van der Waals surface area contributed by atoms with Crippen LogP contribution in [0.5, 0.6) is 0 Å². The Bertz CT molecular complexity index is 871. The summed E-state index contributed by atoms with van der Waals surface area (Å²) in [5.41, 5.74) is 0.545. The lowest BCUT2D eigenvalue weighted by Gasteiger charge is -2.09. The van der Waals surface area contributed by atoms with Gasteiger partial charge in [-0.3, -0.25) is 9.52 Å². The summed E-state index contributed by atoms with van der Waals surface area (Å²) in [6.45, 7) is 0.988. The van der Waals surface area contributed by atoms with Gasteiger partial charge in [-0.25, -0.2) is 17.2 Å². The zero-order valence-corrected chi connectivity index (χ0v) is 14.8. The van der Waals surface area contributed by atoms with Gasteiger partial charge in [0.1, 0.15) is 0 Å². The molecule has 0 aromatic heterocycles. The number of carbonyl (C=O) groups excluding carboxylic acids is 1. The summed E-state index contributed by atoms with van der Waals surface area (Å²) in [4.78, 5) is 11.5. The summed E-state index contributed by atoms with van der Waals surface area (Å²) in [6, 6.07) is 8.01. The van der Waals surface area contributed by atoms with Crippen LogP contribution in [0.25, 0.3) is 0 Å². The molecule has 2 rings (SSSR count). The molecular weight excluding hydrogens is 366 g/mol. The van der Waals surface area contributed by atoms with Gasteiger partial charge in [0.05, 0.1) is 4.90 Å². The van der Waals surface area contributed by atoms with E-state index >= 15 is 0 Å². The zero-order chi connectivity index (χ0) is 19.2. The predicted octanol–water partition coefficient (Wildman–Crippen LogP) is 2.53. The fourth-order valence-corrected chi connectivity index (χ4v) is 3.14. The van der Waals surface area contributed by atoms with Crippen molar-refractivity contribution in [2.75, 3.05) is 25.0 Å². The molecule has 2 aromatic rings. The van der Waals surface area contributed by atoms with Crippen molar-refractivity contribution in [3.8, 4) is 0 Å². The van der Waals surface area contributed by atoms with Crippen LogP contribution in [0, 0.1) is 11.6 Å². The van der Waals surface area contributed by atoms with E-state index in [0.717, 1.165) is 12.1 Å². The first-order valence-electron chi connectivity index (χ1n) is 7.68. The molecular formula is C17H18F2N2O4S. The Labute approximate surface area is 150 Å². The van der Waals surface area contributed by atoms with Gasteiger partial charge in [0, 0.05) is 31.5 Å². The van der Waals surface area contributed by atoms with E-state index in [2.05, 4.69) is 10.0 Å². The number of amides is 1. The standard InChI is InChI=1S/C17H18F2N2O4S/c1-25-10-2-9-20-17(22)12-3-5-13(6-4-12)21-26(23,24)14-7-8-15(18)16(19)11-14/h3-8,11,21H,2,9-10H2,1H3,(H,20,22). The summed E-state index contributed by atoms with van der Waals surface area (Å²) < 4.78 is 57.7. The molecule has 0 spiro atoms. The van der Waals surface area contributed by atoms with Crippen LogP contribution in [0.2, 0.25) is 0 Å². The first-order chi connectivity index (χ1) is 12.3. The molecule has 0 radical (unpaired) electrons. The van der Waals surface area contributed by atoms with E-state index in [0.29, 0.717) is 31.2 Å². The van der Waals surface area contributed by atoms with Crippen LogP contribution in [0.3, 0.4) is 0 Å². The molecule has 0 aliphatic heterocycles. The topological polar surface area (TPSA) is 84.5 Å². The minimum Gasteiger partial charge on any atom is -0.385 e. The van der Waals surface area contributed by atoms with E-state index in [1.54, 1.807) is 7.11 Å². The van der Waals surface area contributed by atoms with Crippen molar-refractivity contribution in [2.24, 2.45) is 0 Å². The van der Waals surface area contributed by atoms with Gasteiger partial charge in [-0.2, -0.15) is 0 Å². The Morgan fingerprint density at radius 3 is 2.38 bits per heavy atom. The molecule has 2 aromatic carbocycles. The molecule has 0 aliphatic rings. The van der Waals surface area contributed by atoms with E-state index in [4.69, 9.17) is 4.74 Å². The third kappa shape index (κ3) is 5.24. The molecule has 6 nitrogen and oxygen atoms in total. The number of nitrogens with one attached hydrogen (secondary N) is 2. The van der Waals surface area contributed by atoms with Gasteiger partial charge in [0.15, 0.2) is 11.6 Å². The highest BCUT2D eigenvalue weighted by atomic mass is 32.2. The maximum absolute atomic E-state index is 13.2. The number of ether oxygens (including phenoxy) is 1. The molecule has 0 unspecified atom stereocenters. The van der Waals surface area contributed by atoms with Crippen LogP contribution >= 0.6 is 0 Å². The summed E-state index contributed by atoms with van der Waals surface area (Å²) in [5.74, 6) is -2.69. The van der Waals surface area contributed by atoms with E-state index in [9.17, 15) is 22.0 Å². The molecule has 0 bridgehead atoms. The van der Waals surface area contributed by atoms with Crippen molar-refractivity contribution < 1.29 is 26.7 Å². The Morgan fingerprint density at radius 2 is 1.77 bits per heavy atom. The maximum atomic E-state index is 13.2. The fraction of sp³-hybridized carbons (Fsp3) is 0.235. The van der Waals surface area contributed by atoms with Gasteiger partial charge in [0.25, 0.3) is 15.9 Å². The molecule has 9 heteroatoms. The highest BCUT2D eigenvalue weighted by Gasteiger charge is 2.17. The number of anilines is 1.